The number of carbonyl (C=O) groups is 2. The highest BCUT2D eigenvalue weighted by Crippen LogP contribution is 2.30. The second-order valence-electron chi connectivity index (χ2n) is 4.46. The zero-order chi connectivity index (χ0) is 16.9. The normalized spacial score (nSPS) is 9.86. The van der Waals surface area contributed by atoms with E-state index in [1.807, 2.05) is 0 Å². The molecule has 0 aromatic heterocycles. The Morgan fingerprint density at radius 3 is 2.27 bits per heavy atom. The number of carbonyl (C=O) groups excluding carboxylic acids is 2. The summed E-state index contributed by atoms with van der Waals surface area (Å²) in [6.45, 7) is 7.11. The summed E-state index contributed by atoms with van der Waals surface area (Å²) in [4.78, 5) is 34.4. The van der Waals surface area contributed by atoms with Crippen LogP contribution in [0.4, 0.5) is 5.69 Å². The number of nitro groups is 1. The molecule has 0 aliphatic rings. The predicted octanol–water partition coefficient (Wildman–Crippen LogP) is 1.51. The molecule has 0 bridgehead atoms. The largest absolute Gasteiger partial charge is 0.366 e. The van der Waals surface area contributed by atoms with Crippen molar-refractivity contribution in [3.63, 3.8) is 0 Å². The van der Waals surface area contributed by atoms with Crippen LogP contribution in [0.5, 0.6) is 0 Å². The third kappa shape index (κ3) is 3.20. The van der Waals surface area contributed by atoms with Crippen LogP contribution in [-0.2, 0) is 12.8 Å². The maximum Gasteiger partial charge on any atom is 0.274 e. The number of primary amides is 1. The van der Waals surface area contributed by atoms with E-state index in [0.29, 0.717) is 5.56 Å². The van der Waals surface area contributed by atoms with E-state index < -0.39 is 16.7 Å². The lowest BCUT2D eigenvalue weighted by Crippen LogP contribution is -2.25. The number of hydrogen-bond donors (Lipinski definition) is 2. The molecule has 22 heavy (non-hydrogen) atoms. The molecule has 0 fully saturated rings. The lowest BCUT2D eigenvalue weighted by Gasteiger charge is -2.15. The van der Waals surface area contributed by atoms with Gasteiger partial charge in [-0.15, -0.1) is 13.2 Å². The van der Waals surface area contributed by atoms with Gasteiger partial charge < -0.3 is 11.1 Å². The molecule has 0 radical (unpaired) electrons. The Hall–Kier alpha value is -2.96. The minimum Gasteiger partial charge on any atom is -0.366 e. The van der Waals surface area contributed by atoms with E-state index in [4.69, 9.17) is 5.73 Å². The average molecular weight is 303 g/mol. The fourth-order valence-corrected chi connectivity index (χ4v) is 2.26. The number of nitrogens with two attached hydrogens (primary N) is 1. The van der Waals surface area contributed by atoms with Crippen LogP contribution in [0.1, 0.15) is 31.8 Å². The van der Waals surface area contributed by atoms with Crippen LogP contribution in [0, 0.1) is 10.1 Å². The van der Waals surface area contributed by atoms with Crippen molar-refractivity contribution in [2.45, 2.75) is 12.8 Å². The van der Waals surface area contributed by atoms with Gasteiger partial charge in [-0.05, 0) is 18.4 Å². The van der Waals surface area contributed by atoms with Crippen molar-refractivity contribution < 1.29 is 14.5 Å². The van der Waals surface area contributed by atoms with Gasteiger partial charge in [0.15, 0.2) is 0 Å². The van der Waals surface area contributed by atoms with E-state index in [0.717, 1.165) is 6.07 Å². The Morgan fingerprint density at radius 2 is 1.86 bits per heavy atom. The summed E-state index contributed by atoms with van der Waals surface area (Å²) in [6.07, 6.45) is 3.21. The summed E-state index contributed by atoms with van der Waals surface area (Å²) in [5.41, 5.74) is 5.55. The van der Waals surface area contributed by atoms with Gasteiger partial charge in [0.2, 0.25) is 5.91 Å². The second kappa shape index (κ2) is 7.16. The lowest BCUT2D eigenvalue weighted by atomic mass is 9.90. The fourth-order valence-electron chi connectivity index (χ4n) is 2.26. The topological polar surface area (TPSA) is 115 Å². The molecule has 0 aliphatic heterocycles. The molecule has 3 N–H and O–H groups in total. The van der Waals surface area contributed by atoms with E-state index in [2.05, 4.69) is 18.5 Å². The SMILES string of the molecule is C=CCc1c(C(=O)NC)cc([N+](=O)[O-])c(CC=C)c1C(N)=O. The summed E-state index contributed by atoms with van der Waals surface area (Å²) in [6, 6.07) is 1.16. The fraction of sp³-hybridized carbons (Fsp3) is 0.200. The van der Waals surface area contributed by atoms with Gasteiger partial charge in [-0.1, -0.05) is 12.2 Å². The number of nitrogens with zero attached hydrogens (tertiary/aromatic N) is 1. The first kappa shape index (κ1) is 17.1. The first-order valence-corrected chi connectivity index (χ1v) is 6.45. The van der Waals surface area contributed by atoms with Crippen molar-refractivity contribution in [3.8, 4) is 0 Å². The standard InChI is InChI=1S/C15H17N3O4/c1-4-6-9-11(15(20)17-3)8-12(18(21)22)10(7-5-2)13(9)14(16)19/h4-5,8H,1-2,6-7H2,3H3,(H2,16,19)(H,17,20). The van der Waals surface area contributed by atoms with Gasteiger partial charge in [-0.3, -0.25) is 19.7 Å². The molecule has 0 heterocycles. The summed E-state index contributed by atoms with van der Waals surface area (Å²) in [7, 11) is 1.40. The maximum absolute atomic E-state index is 12.0. The van der Waals surface area contributed by atoms with Crippen LogP contribution in [0.15, 0.2) is 31.4 Å². The average Bonchev–Trinajstić information content (AvgIpc) is 2.46. The number of rotatable bonds is 7. The molecule has 116 valence electrons. The maximum atomic E-state index is 12.0. The minimum atomic E-state index is -0.831. The monoisotopic (exact) mass is 303 g/mol. The molecule has 0 spiro atoms. The van der Waals surface area contributed by atoms with Gasteiger partial charge in [-0.2, -0.15) is 0 Å². The minimum absolute atomic E-state index is 0.0207. The first-order chi connectivity index (χ1) is 10.4. The van der Waals surface area contributed by atoms with Gasteiger partial charge in [0.25, 0.3) is 11.6 Å². The van der Waals surface area contributed by atoms with Crippen LogP contribution in [0.2, 0.25) is 0 Å². The van der Waals surface area contributed by atoms with E-state index in [9.17, 15) is 19.7 Å². The highest BCUT2D eigenvalue weighted by atomic mass is 16.6. The highest BCUT2D eigenvalue weighted by Gasteiger charge is 2.28. The van der Waals surface area contributed by atoms with Crippen molar-refractivity contribution in [1.29, 1.82) is 0 Å². The Bertz CT molecular complexity index is 665. The summed E-state index contributed by atoms with van der Waals surface area (Å²) in [5, 5.41) is 13.7. The first-order valence-electron chi connectivity index (χ1n) is 6.45. The number of nitro benzene ring substituents is 1. The van der Waals surface area contributed by atoms with Crippen LogP contribution in [0.3, 0.4) is 0 Å². The number of allylic oxidation sites excluding steroid dienone is 2. The number of benzene rings is 1. The Labute approximate surface area is 127 Å². The lowest BCUT2D eigenvalue weighted by molar-refractivity contribution is -0.385. The molecule has 0 saturated heterocycles. The van der Waals surface area contributed by atoms with E-state index in [1.54, 1.807) is 0 Å². The molecule has 0 atom stereocenters. The van der Waals surface area contributed by atoms with Crippen molar-refractivity contribution in [1.82, 2.24) is 5.32 Å². The molecule has 1 aromatic rings. The summed E-state index contributed by atoms with van der Waals surface area (Å²) in [5.74, 6) is -1.37. The molecule has 0 aliphatic carbocycles. The van der Waals surface area contributed by atoms with Gasteiger partial charge in [-0.25, -0.2) is 0 Å². The van der Waals surface area contributed by atoms with Crippen LogP contribution >= 0.6 is 0 Å². The zero-order valence-corrected chi connectivity index (χ0v) is 12.2. The Morgan fingerprint density at radius 1 is 1.32 bits per heavy atom. The van der Waals surface area contributed by atoms with Crippen LogP contribution < -0.4 is 11.1 Å². The molecule has 1 rings (SSSR count). The van der Waals surface area contributed by atoms with Crippen molar-refractivity contribution in [3.05, 3.63) is 63.7 Å². The van der Waals surface area contributed by atoms with Crippen LogP contribution in [-0.4, -0.2) is 23.8 Å². The van der Waals surface area contributed by atoms with Crippen molar-refractivity contribution >= 4 is 17.5 Å². The third-order valence-electron chi connectivity index (χ3n) is 3.13. The molecule has 0 saturated carbocycles. The molecular formula is C15H17N3O4. The Kier molecular flexibility index (Phi) is 5.57. The smallest absolute Gasteiger partial charge is 0.274 e. The van der Waals surface area contributed by atoms with Gasteiger partial charge in [0, 0.05) is 18.7 Å². The number of hydrogen-bond acceptors (Lipinski definition) is 4. The molecule has 7 heteroatoms. The van der Waals surface area contributed by atoms with E-state index in [1.165, 1.54) is 19.2 Å². The quantitative estimate of drug-likeness (QED) is 0.451. The van der Waals surface area contributed by atoms with E-state index in [-0.39, 0.29) is 35.2 Å². The summed E-state index contributed by atoms with van der Waals surface area (Å²) >= 11 is 0. The van der Waals surface area contributed by atoms with E-state index >= 15 is 0 Å². The highest BCUT2D eigenvalue weighted by molar-refractivity contribution is 6.04. The number of amides is 2. The third-order valence-corrected chi connectivity index (χ3v) is 3.13. The van der Waals surface area contributed by atoms with Gasteiger partial charge >= 0.3 is 0 Å². The zero-order valence-electron chi connectivity index (χ0n) is 12.2. The second-order valence-corrected chi connectivity index (χ2v) is 4.46. The van der Waals surface area contributed by atoms with Crippen LogP contribution in [0.25, 0.3) is 0 Å². The molecule has 1 aromatic carbocycles. The number of nitrogens with one attached hydrogen (secondary N) is 1. The molecule has 7 nitrogen and oxygen atoms in total. The molecule has 0 unspecified atom stereocenters. The predicted molar refractivity (Wildman–Crippen MR) is 82.8 cm³/mol. The van der Waals surface area contributed by atoms with Gasteiger partial charge in [0.05, 0.1) is 16.1 Å². The van der Waals surface area contributed by atoms with Gasteiger partial charge in [0.1, 0.15) is 0 Å². The molecule has 2 amide bonds. The van der Waals surface area contributed by atoms with Crippen molar-refractivity contribution in [2.75, 3.05) is 7.05 Å². The molecular weight excluding hydrogens is 286 g/mol. The van der Waals surface area contributed by atoms with Crippen molar-refractivity contribution in [2.24, 2.45) is 5.73 Å². The summed E-state index contributed by atoms with van der Waals surface area (Å²) < 4.78 is 0. The Balaban J connectivity index is 3.91.